The fourth-order valence-electron chi connectivity index (χ4n) is 7.69. The maximum atomic E-state index is 5.34. The van der Waals surface area contributed by atoms with Gasteiger partial charge in [-0.15, -0.1) is 0 Å². The van der Waals surface area contributed by atoms with Gasteiger partial charge in [0.05, 0.1) is 22.2 Å². The molecule has 9 rings (SSSR count). The van der Waals surface area contributed by atoms with Crippen molar-refractivity contribution in [3.8, 4) is 22.4 Å². The largest absolute Gasteiger partial charge is 0.256 e. The molecule has 9 aromatic rings. The van der Waals surface area contributed by atoms with Crippen LogP contribution in [0.25, 0.3) is 55.1 Å². The van der Waals surface area contributed by atoms with Crippen molar-refractivity contribution in [2.75, 3.05) is 0 Å². The van der Waals surface area contributed by atoms with Crippen LogP contribution < -0.4 is 20.7 Å². The summed E-state index contributed by atoms with van der Waals surface area (Å²) in [5.74, 6) is 0. The third kappa shape index (κ3) is 4.92. The summed E-state index contributed by atoms with van der Waals surface area (Å²) in [6, 6.07) is 61.8. The molecule has 3 heterocycles. The summed E-state index contributed by atoms with van der Waals surface area (Å²) in [5, 5.41) is 8.63. The maximum absolute atomic E-state index is 5.34. The predicted octanol–water partition coefficient (Wildman–Crippen LogP) is 8.35. The molecule has 0 N–H and O–H groups in total. The molecule has 236 valence electrons. The number of hydrogen-bond donors (Lipinski definition) is 0. The number of aromatic nitrogens is 3. The molecule has 4 heteroatoms. The third-order valence-electron chi connectivity index (χ3n) is 9.93. The molecular weight excluding hydrogens is 623 g/mol. The molecule has 0 spiro atoms. The molecule has 0 saturated carbocycles. The van der Waals surface area contributed by atoms with E-state index in [1.807, 2.05) is 24.5 Å². The molecule has 0 amide bonds. The molecule has 0 radical (unpaired) electrons. The Kier molecular flexibility index (Phi) is 7.37. The van der Waals surface area contributed by atoms with Gasteiger partial charge in [0.25, 0.3) is 0 Å². The average molecular weight is 656 g/mol. The van der Waals surface area contributed by atoms with E-state index in [2.05, 4.69) is 165 Å². The summed E-state index contributed by atoms with van der Waals surface area (Å²) in [4.78, 5) is 15.0. The minimum absolute atomic E-state index is 0.883. The van der Waals surface area contributed by atoms with Crippen molar-refractivity contribution in [2.45, 2.75) is 6.92 Å². The molecule has 0 aliphatic heterocycles. The SMILES string of the molecule is Cc1cccc([Si](c2ccccc2)(c2ccccc2)c2cccc(-c3cc(-c4cccc5cccnc45)nc4c3ccc3cccnc34)c2)c1. The highest BCUT2D eigenvalue weighted by Crippen LogP contribution is 2.36. The summed E-state index contributed by atoms with van der Waals surface area (Å²) >= 11 is 0. The maximum Gasteiger partial charge on any atom is 0.179 e. The lowest BCUT2D eigenvalue weighted by molar-refractivity contribution is 1.36. The summed E-state index contributed by atoms with van der Waals surface area (Å²) < 4.78 is 0. The van der Waals surface area contributed by atoms with Gasteiger partial charge >= 0.3 is 0 Å². The quantitative estimate of drug-likeness (QED) is 0.103. The zero-order valence-electron chi connectivity index (χ0n) is 27.7. The second-order valence-corrected chi connectivity index (χ2v) is 16.7. The van der Waals surface area contributed by atoms with Crippen molar-refractivity contribution in [1.82, 2.24) is 15.0 Å². The third-order valence-corrected chi connectivity index (χ3v) is 14.7. The van der Waals surface area contributed by atoms with Crippen LogP contribution >= 0.6 is 0 Å². The van der Waals surface area contributed by atoms with E-state index in [0.717, 1.165) is 55.1 Å². The fraction of sp³-hybridized carbons (Fsp3) is 0.0217. The predicted molar refractivity (Wildman–Crippen MR) is 212 cm³/mol. The van der Waals surface area contributed by atoms with Crippen LogP contribution in [-0.4, -0.2) is 23.0 Å². The van der Waals surface area contributed by atoms with Crippen molar-refractivity contribution in [2.24, 2.45) is 0 Å². The van der Waals surface area contributed by atoms with Crippen molar-refractivity contribution in [3.63, 3.8) is 0 Å². The van der Waals surface area contributed by atoms with E-state index in [-0.39, 0.29) is 0 Å². The van der Waals surface area contributed by atoms with Gasteiger partial charge in [0.2, 0.25) is 0 Å². The molecule has 50 heavy (non-hydrogen) atoms. The minimum Gasteiger partial charge on any atom is -0.256 e. The van der Waals surface area contributed by atoms with Crippen molar-refractivity contribution in [3.05, 3.63) is 188 Å². The van der Waals surface area contributed by atoms with Crippen molar-refractivity contribution < 1.29 is 0 Å². The molecule has 3 aromatic heterocycles. The Morgan fingerprint density at radius 1 is 0.420 bits per heavy atom. The lowest BCUT2D eigenvalue weighted by atomic mass is 9.96. The minimum atomic E-state index is -2.76. The zero-order chi connectivity index (χ0) is 33.5. The number of pyridine rings is 3. The molecule has 3 nitrogen and oxygen atoms in total. The number of fused-ring (bicyclic) bond motifs is 4. The number of nitrogens with zero attached hydrogens (tertiary/aromatic N) is 3. The Bertz CT molecular complexity index is 2630. The molecule has 0 fully saturated rings. The standard InChI is InChI=1S/C46H33N3Si/c1-32-13-8-22-38(29-32)50(36-18-4-2-5-19-36,37-20-6-3-7-21-37)39-23-9-15-35(30-39)42-31-43(41-24-10-14-33-16-11-27-47-44(33)41)49-46-40(42)26-25-34-17-12-28-48-45(34)46/h2-31H,1H3. The van der Waals surface area contributed by atoms with Crippen LogP contribution in [0.3, 0.4) is 0 Å². The molecule has 0 atom stereocenters. The molecule has 0 aliphatic carbocycles. The van der Waals surface area contributed by atoms with Crippen molar-refractivity contribution >= 4 is 61.5 Å². The molecule has 0 aliphatic rings. The van der Waals surface area contributed by atoms with Gasteiger partial charge in [-0.1, -0.05) is 157 Å². The molecule has 0 unspecified atom stereocenters. The Balaban J connectivity index is 1.37. The number of benzene rings is 6. The second-order valence-electron chi connectivity index (χ2n) is 12.9. The van der Waals surface area contributed by atoms with Crippen LogP contribution in [0.15, 0.2) is 182 Å². The van der Waals surface area contributed by atoms with Crippen LogP contribution in [0.2, 0.25) is 0 Å². The highest BCUT2D eigenvalue weighted by molar-refractivity contribution is 7.19. The van der Waals surface area contributed by atoms with Gasteiger partial charge in [0.15, 0.2) is 8.07 Å². The summed E-state index contributed by atoms with van der Waals surface area (Å²) in [6.07, 6.45) is 3.72. The van der Waals surface area contributed by atoms with E-state index >= 15 is 0 Å². The first-order valence-electron chi connectivity index (χ1n) is 17.0. The van der Waals surface area contributed by atoms with Gasteiger partial charge in [-0.3, -0.25) is 9.97 Å². The van der Waals surface area contributed by atoms with Gasteiger partial charge in [0, 0.05) is 34.1 Å². The first-order valence-corrected chi connectivity index (χ1v) is 19.0. The normalized spacial score (nSPS) is 11.7. The topological polar surface area (TPSA) is 38.7 Å². The Morgan fingerprint density at radius 2 is 1.02 bits per heavy atom. The smallest absolute Gasteiger partial charge is 0.179 e. The fourth-order valence-corrected chi connectivity index (χ4v) is 12.6. The number of hydrogen-bond acceptors (Lipinski definition) is 3. The molecule has 6 aromatic carbocycles. The highest BCUT2D eigenvalue weighted by atomic mass is 28.3. The zero-order valence-corrected chi connectivity index (χ0v) is 28.7. The van der Waals surface area contributed by atoms with Crippen LogP contribution in [0.4, 0.5) is 0 Å². The summed E-state index contributed by atoms with van der Waals surface area (Å²) in [7, 11) is -2.76. The van der Waals surface area contributed by atoms with E-state index in [1.54, 1.807) is 0 Å². The van der Waals surface area contributed by atoms with Gasteiger partial charge in [-0.2, -0.15) is 0 Å². The van der Waals surface area contributed by atoms with Crippen LogP contribution in [0.1, 0.15) is 5.56 Å². The average Bonchev–Trinajstić information content (AvgIpc) is 3.18. The first kappa shape index (κ1) is 29.9. The van der Waals surface area contributed by atoms with Gasteiger partial charge < -0.3 is 0 Å². The monoisotopic (exact) mass is 655 g/mol. The van der Waals surface area contributed by atoms with Crippen LogP contribution in [0.5, 0.6) is 0 Å². The van der Waals surface area contributed by atoms with Crippen LogP contribution in [0, 0.1) is 6.92 Å². The first-order chi connectivity index (χ1) is 24.7. The number of aryl methyl sites for hydroxylation is 1. The lowest BCUT2D eigenvalue weighted by Gasteiger charge is -2.35. The number of para-hydroxylation sites is 1. The molecular formula is C46H33N3Si. The highest BCUT2D eigenvalue weighted by Gasteiger charge is 2.41. The van der Waals surface area contributed by atoms with Crippen molar-refractivity contribution in [1.29, 1.82) is 0 Å². The van der Waals surface area contributed by atoms with E-state index < -0.39 is 8.07 Å². The van der Waals surface area contributed by atoms with Gasteiger partial charge in [0.1, 0.15) is 0 Å². The Labute approximate surface area is 292 Å². The van der Waals surface area contributed by atoms with E-state index in [9.17, 15) is 0 Å². The lowest BCUT2D eigenvalue weighted by Crippen LogP contribution is -2.74. The van der Waals surface area contributed by atoms with E-state index in [1.165, 1.54) is 26.3 Å². The molecule has 0 bridgehead atoms. The summed E-state index contributed by atoms with van der Waals surface area (Å²) in [5.41, 5.74) is 8.15. The van der Waals surface area contributed by atoms with Gasteiger partial charge in [-0.05, 0) is 57.0 Å². The van der Waals surface area contributed by atoms with E-state index in [0.29, 0.717) is 0 Å². The Morgan fingerprint density at radius 3 is 1.74 bits per heavy atom. The molecule has 0 saturated heterocycles. The van der Waals surface area contributed by atoms with Gasteiger partial charge in [-0.25, -0.2) is 4.98 Å². The second kappa shape index (κ2) is 12.3. The van der Waals surface area contributed by atoms with E-state index in [4.69, 9.17) is 15.0 Å². The Hall–Kier alpha value is -6.23. The summed E-state index contributed by atoms with van der Waals surface area (Å²) in [6.45, 7) is 2.19. The van der Waals surface area contributed by atoms with Crippen LogP contribution in [-0.2, 0) is 0 Å². The number of rotatable bonds is 6.